The van der Waals surface area contributed by atoms with E-state index in [1.165, 1.54) is 4.90 Å². The van der Waals surface area contributed by atoms with E-state index in [1.54, 1.807) is 31.4 Å². The number of nitrogens with zero attached hydrogens (tertiary/aromatic N) is 1. The smallest absolute Gasteiger partial charge is 0.340 e. The van der Waals surface area contributed by atoms with E-state index in [0.29, 0.717) is 30.5 Å². The Morgan fingerprint density at radius 3 is 2.69 bits per heavy atom. The third kappa shape index (κ3) is 3.68. The van der Waals surface area contributed by atoms with Crippen molar-refractivity contribution in [3.05, 3.63) is 65.2 Å². The monoisotopic (exact) mass is 394 g/mol. The molecule has 0 spiro atoms. The molecule has 0 unspecified atom stereocenters. The molecule has 0 bridgehead atoms. The molecule has 2 aliphatic rings. The average molecular weight is 394 g/mol. The molecule has 4 rings (SSSR count). The number of hydrogen-bond acceptors (Lipinski definition) is 5. The van der Waals surface area contributed by atoms with Gasteiger partial charge in [0.1, 0.15) is 11.8 Å². The van der Waals surface area contributed by atoms with Crippen molar-refractivity contribution >= 4 is 17.8 Å². The second-order valence-electron chi connectivity index (χ2n) is 7.09. The second-order valence-corrected chi connectivity index (χ2v) is 7.09. The van der Waals surface area contributed by atoms with Crippen LogP contribution in [0.25, 0.3) is 0 Å². The van der Waals surface area contributed by atoms with E-state index in [1.807, 2.05) is 24.3 Å². The highest BCUT2D eigenvalue weighted by atomic mass is 16.6. The molecular formula is C22H22N2O5. The molecule has 150 valence electrons. The van der Waals surface area contributed by atoms with Crippen LogP contribution >= 0.6 is 0 Å². The molecule has 1 N–H and O–H groups in total. The summed E-state index contributed by atoms with van der Waals surface area (Å²) in [6, 6.07) is 14.0. The highest BCUT2D eigenvalue weighted by molar-refractivity contribution is 5.96. The van der Waals surface area contributed by atoms with Gasteiger partial charge in [0.2, 0.25) is 18.0 Å². The van der Waals surface area contributed by atoms with E-state index < -0.39 is 18.2 Å². The summed E-state index contributed by atoms with van der Waals surface area (Å²) in [5.74, 6) is -0.104. The van der Waals surface area contributed by atoms with E-state index in [0.717, 1.165) is 11.3 Å². The quantitative estimate of drug-likeness (QED) is 0.760. The number of ether oxygens (including phenoxy) is 2. The summed E-state index contributed by atoms with van der Waals surface area (Å²) in [4.78, 5) is 38.8. The Morgan fingerprint density at radius 2 is 1.93 bits per heavy atom. The van der Waals surface area contributed by atoms with Crippen LogP contribution in [0, 0.1) is 0 Å². The molecule has 2 heterocycles. The first-order valence-electron chi connectivity index (χ1n) is 9.60. The van der Waals surface area contributed by atoms with Gasteiger partial charge in [0.25, 0.3) is 0 Å². The molecule has 2 atom stereocenters. The zero-order valence-corrected chi connectivity index (χ0v) is 16.1. The van der Waals surface area contributed by atoms with Gasteiger partial charge in [-0.05, 0) is 36.6 Å². The Kier molecular flexibility index (Phi) is 5.20. The molecule has 7 heteroatoms. The molecule has 2 aliphatic heterocycles. The number of methoxy groups -OCH3 is 1. The lowest BCUT2D eigenvalue weighted by atomic mass is 10.1. The van der Waals surface area contributed by atoms with Gasteiger partial charge in [0.05, 0.1) is 12.7 Å². The molecular weight excluding hydrogens is 372 g/mol. The Hall–Kier alpha value is -3.35. The van der Waals surface area contributed by atoms with E-state index in [9.17, 15) is 14.4 Å². The Balaban J connectivity index is 1.41. The van der Waals surface area contributed by atoms with Gasteiger partial charge in [-0.15, -0.1) is 0 Å². The molecule has 1 fully saturated rings. The maximum Gasteiger partial charge on any atom is 0.340 e. The predicted octanol–water partition coefficient (Wildman–Crippen LogP) is 2.21. The first-order chi connectivity index (χ1) is 14.1. The van der Waals surface area contributed by atoms with Gasteiger partial charge >= 0.3 is 5.97 Å². The van der Waals surface area contributed by atoms with E-state index in [-0.39, 0.29) is 18.2 Å². The van der Waals surface area contributed by atoms with Crippen molar-refractivity contribution in [1.29, 1.82) is 0 Å². The molecule has 2 aromatic carbocycles. The minimum absolute atomic E-state index is 0.185. The lowest BCUT2D eigenvalue weighted by molar-refractivity contribution is -0.145. The first kappa shape index (κ1) is 19.0. The summed E-state index contributed by atoms with van der Waals surface area (Å²) >= 11 is 0. The van der Waals surface area contributed by atoms with Crippen LogP contribution in [0.5, 0.6) is 5.75 Å². The van der Waals surface area contributed by atoms with Gasteiger partial charge in [-0.2, -0.15) is 0 Å². The third-order valence-corrected chi connectivity index (χ3v) is 5.35. The molecule has 0 radical (unpaired) electrons. The van der Waals surface area contributed by atoms with Crippen LogP contribution in [0.4, 0.5) is 0 Å². The number of likely N-dealkylation sites (tertiary alicyclic amines) is 1. The van der Waals surface area contributed by atoms with E-state index in [2.05, 4.69) is 5.32 Å². The number of carbonyl (C=O) groups excluding carboxylic acids is 3. The van der Waals surface area contributed by atoms with Crippen LogP contribution in [0.1, 0.15) is 40.6 Å². The van der Waals surface area contributed by atoms with Crippen LogP contribution in [0.3, 0.4) is 0 Å². The fraction of sp³-hybridized carbons (Fsp3) is 0.318. The molecule has 7 nitrogen and oxygen atoms in total. The molecule has 0 saturated carbocycles. The fourth-order valence-corrected chi connectivity index (χ4v) is 3.83. The van der Waals surface area contributed by atoms with Gasteiger partial charge in [0, 0.05) is 18.5 Å². The first-order valence-corrected chi connectivity index (χ1v) is 9.60. The van der Waals surface area contributed by atoms with Gasteiger partial charge in [-0.3, -0.25) is 14.5 Å². The van der Waals surface area contributed by atoms with E-state index >= 15 is 0 Å². The summed E-state index contributed by atoms with van der Waals surface area (Å²) < 4.78 is 10.6. The minimum atomic E-state index is -0.842. The number of cyclic esters (lactones) is 1. The second kappa shape index (κ2) is 7.95. The number of hydrogen-bond donors (Lipinski definition) is 1. The standard InChI is InChI=1S/C22H22N2O5/c1-28-15-8-6-14(7-9-15)12-13-23-20(26)18-10-11-19(25)24(18)21-16-4-2-3-5-17(16)22(27)29-21/h2-9,18,21H,10-13H2,1H3,(H,23,26)/t18-,21+/m1/s1. The maximum atomic E-state index is 12.8. The van der Waals surface area contributed by atoms with Gasteiger partial charge in [0.15, 0.2) is 0 Å². The number of fused-ring (bicyclic) bond motifs is 1. The largest absolute Gasteiger partial charge is 0.497 e. The lowest BCUT2D eigenvalue weighted by Gasteiger charge is -2.29. The highest BCUT2D eigenvalue weighted by Crippen LogP contribution is 2.38. The molecule has 29 heavy (non-hydrogen) atoms. The minimum Gasteiger partial charge on any atom is -0.497 e. The Morgan fingerprint density at radius 1 is 1.17 bits per heavy atom. The molecule has 0 aromatic heterocycles. The zero-order valence-electron chi connectivity index (χ0n) is 16.1. The van der Waals surface area contributed by atoms with Crippen LogP contribution in [-0.2, 0) is 20.7 Å². The molecule has 2 amide bonds. The third-order valence-electron chi connectivity index (χ3n) is 5.35. The predicted molar refractivity (Wildman–Crippen MR) is 104 cm³/mol. The summed E-state index contributed by atoms with van der Waals surface area (Å²) in [6.07, 6.45) is 0.486. The van der Waals surface area contributed by atoms with Gasteiger partial charge in [-0.25, -0.2) is 4.79 Å². The summed E-state index contributed by atoms with van der Waals surface area (Å²) in [7, 11) is 1.61. The van der Waals surface area contributed by atoms with Crippen LogP contribution in [-0.4, -0.2) is 42.4 Å². The average Bonchev–Trinajstić information content (AvgIpc) is 3.28. The van der Waals surface area contributed by atoms with Crippen molar-refractivity contribution in [3.8, 4) is 5.75 Å². The number of benzene rings is 2. The number of nitrogens with one attached hydrogen (secondary N) is 1. The van der Waals surface area contributed by atoms with E-state index in [4.69, 9.17) is 9.47 Å². The van der Waals surface area contributed by atoms with Gasteiger partial charge in [-0.1, -0.05) is 30.3 Å². The Labute approximate surface area is 168 Å². The zero-order chi connectivity index (χ0) is 20.4. The van der Waals surface area contributed by atoms with Crippen LogP contribution < -0.4 is 10.1 Å². The van der Waals surface area contributed by atoms with Crippen molar-refractivity contribution in [2.24, 2.45) is 0 Å². The topological polar surface area (TPSA) is 84.9 Å². The SMILES string of the molecule is COc1ccc(CCNC(=O)[C@H]2CCC(=O)N2[C@H]2OC(=O)c3ccccc32)cc1. The summed E-state index contributed by atoms with van der Waals surface area (Å²) in [6.45, 7) is 0.449. The number of carbonyl (C=O) groups is 3. The number of esters is 1. The van der Waals surface area contributed by atoms with Crippen molar-refractivity contribution in [1.82, 2.24) is 10.2 Å². The van der Waals surface area contributed by atoms with Crippen molar-refractivity contribution in [2.75, 3.05) is 13.7 Å². The van der Waals surface area contributed by atoms with Crippen molar-refractivity contribution in [2.45, 2.75) is 31.5 Å². The number of rotatable bonds is 6. The van der Waals surface area contributed by atoms with Crippen molar-refractivity contribution in [3.63, 3.8) is 0 Å². The highest BCUT2D eigenvalue weighted by Gasteiger charge is 2.46. The summed E-state index contributed by atoms with van der Waals surface area (Å²) in [5.41, 5.74) is 2.14. The normalized spacial score (nSPS) is 20.4. The maximum absolute atomic E-state index is 12.8. The Bertz CT molecular complexity index is 940. The van der Waals surface area contributed by atoms with Crippen molar-refractivity contribution < 1.29 is 23.9 Å². The van der Waals surface area contributed by atoms with Crippen LogP contribution in [0.2, 0.25) is 0 Å². The molecule has 2 aromatic rings. The number of amides is 2. The molecule has 1 saturated heterocycles. The van der Waals surface area contributed by atoms with Gasteiger partial charge < -0.3 is 14.8 Å². The summed E-state index contributed by atoms with van der Waals surface area (Å²) in [5, 5.41) is 2.91. The fourth-order valence-electron chi connectivity index (χ4n) is 3.83. The van der Waals surface area contributed by atoms with Crippen LogP contribution in [0.15, 0.2) is 48.5 Å². The lowest BCUT2D eigenvalue weighted by Crippen LogP contribution is -2.46. The molecule has 0 aliphatic carbocycles.